The van der Waals surface area contributed by atoms with Crippen LogP contribution in [-0.2, 0) is 0 Å². The minimum atomic E-state index is 0.336. The lowest BCUT2D eigenvalue weighted by Crippen LogP contribution is -2.41. The maximum Gasteiger partial charge on any atom is 0.171 e. The molecule has 0 saturated heterocycles. The van der Waals surface area contributed by atoms with Crippen molar-refractivity contribution in [1.82, 2.24) is 10.5 Å². The van der Waals surface area contributed by atoms with Crippen LogP contribution in [0.25, 0.3) is 0 Å². The third kappa shape index (κ3) is 1.17. The molecule has 0 bridgehead atoms. The highest BCUT2D eigenvalue weighted by Gasteiger charge is 2.23. The predicted molar refractivity (Wildman–Crippen MR) is 53.0 cm³/mol. The summed E-state index contributed by atoms with van der Waals surface area (Å²) in [6.07, 6.45) is 1.71. The molecule has 1 aliphatic heterocycles. The van der Waals surface area contributed by atoms with Crippen molar-refractivity contribution < 1.29 is 0 Å². The van der Waals surface area contributed by atoms with Gasteiger partial charge in [-0.15, -0.1) is 5.53 Å². The molecule has 1 aromatic heterocycles. The molecular weight excluding hydrogens is 166 g/mol. The molecular formula is C8H13N5. The van der Waals surface area contributed by atoms with Gasteiger partial charge < -0.3 is 5.73 Å². The number of nitrogens with zero attached hydrogens (tertiary/aromatic N) is 2. The van der Waals surface area contributed by atoms with E-state index in [1.165, 1.54) is 0 Å². The Morgan fingerprint density at radius 1 is 1.54 bits per heavy atom. The van der Waals surface area contributed by atoms with Crippen LogP contribution in [0.5, 0.6) is 0 Å². The quantitative estimate of drug-likeness (QED) is 0.593. The molecule has 0 fully saturated rings. The highest BCUT2D eigenvalue weighted by atomic mass is 15.7. The number of nitrogens with two attached hydrogens (primary N) is 1. The van der Waals surface area contributed by atoms with Crippen molar-refractivity contribution in [1.29, 1.82) is 0 Å². The minimum Gasteiger partial charge on any atom is -0.397 e. The fourth-order valence-electron chi connectivity index (χ4n) is 1.32. The summed E-state index contributed by atoms with van der Waals surface area (Å²) in [5, 5.41) is 1.94. The summed E-state index contributed by atoms with van der Waals surface area (Å²) in [6.45, 7) is 4.16. The second-order valence-corrected chi connectivity index (χ2v) is 3.30. The second-order valence-electron chi connectivity index (χ2n) is 3.30. The van der Waals surface area contributed by atoms with Gasteiger partial charge in [0.15, 0.2) is 5.82 Å². The average molecular weight is 179 g/mol. The highest BCUT2D eigenvalue weighted by Crippen LogP contribution is 2.32. The fraction of sp³-hybridized carbons (Fsp3) is 0.375. The van der Waals surface area contributed by atoms with Crippen LogP contribution in [0.15, 0.2) is 12.3 Å². The van der Waals surface area contributed by atoms with E-state index in [1.807, 2.05) is 5.01 Å². The molecule has 0 radical (unpaired) electrons. The van der Waals surface area contributed by atoms with Gasteiger partial charge in [-0.1, -0.05) is 0 Å². The van der Waals surface area contributed by atoms with Gasteiger partial charge in [-0.05, 0) is 19.9 Å². The van der Waals surface area contributed by atoms with Crippen LogP contribution in [0, 0.1) is 0 Å². The summed E-state index contributed by atoms with van der Waals surface area (Å²) in [6, 6.07) is 2.11. The Balaban J connectivity index is 2.43. The van der Waals surface area contributed by atoms with Crippen LogP contribution >= 0.6 is 0 Å². The molecule has 0 aromatic carbocycles. The van der Waals surface area contributed by atoms with Crippen LogP contribution in [0.3, 0.4) is 0 Å². The Bertz CT molecular complexity index is 322. The summed E-state index contributed by atoms with van der Waals surface area (Å²) >= 11 is 0. The number of nitrogen functional groups attached to an aromatic ring is 1. The smallest absolute Gasteiger partial charge is 0.171 e. The van der Waals surface area contributed by atoms with E-state index in [-0.39, 0.29) is 0 Å². The Kier molecular flexibility index (Phi) is 1.73. The molecule has 4 N–H and O–H groups in total. The van der Waals surface area contributed by atoms with Gasteiger partial charge >= 0.3 is 0 Å². The van der Waals surface area contributed by atoms with Crippen molar-refractivity contribution in [3.63, 3.8) is 0 Å². The van der Waals surface area contributed by atoms with E-state index in [0.717, 1.165) is 11.5 Å². The summed E-state index contributed by atoms with van der Waals surface area (Å²) in [5.74, 6) is 0.856. The molecule has 5 nitrogen and oxygen atoms in total. The van der Waals surface area contributed by atoms with E-state index in [1.54, 1.807) is 12.3 Å². The molecule has 2 rings (SSSR count). The molecule has 0 aliphatic carbocycles. The molecule has 0 amide bonds. The Morgan fingerprint density at radius 2 is 2.31 bits per heavy atom. The van der Waals surface area contributed by atoms with Crippen molar-refractivity contribution >= 4 is 17.2 Å². The topological polar surface area (TPSA) is 66.2 Å². The zero-order valence-electron chi connectivity index (χ0n) is 7.70. The third-order valence-electron chi connectivity index (χ3n) is 2.01. The van der Waals surface area contributed by atoms with Crippen molar-refractivity contribution in [3.8, 4) is 0 Å². The van der Waals surface area contributed by atoms with Crippen LogP contribution in [0.2, 0.25) is 0 Å². The zero-order valence-corrected chi connectivity index (χ0v) is 7.70. The summed E-state index contributed by atoms with van der Waals surface area (Å²) in [7, 11) is 0. The van der Waals surface area contributed by atoms with E-state index in [0.29, 0.717) is 11.7 Å². The molecule has 13 heavy (non-hydrogen) atoms. The van der Waals surface area contributed by atoms with Crippen molar-refractivity contribution in [2.24, 2.45) is 0 Å². The Hall–Kier alpha value is -1.49. The average Bonchev–Trinajstić information content (AvgIpc) is 2.48. The Labute approximate surface area is 76.9 Å². The van der Waals surface area contributed by atoms with Gasteiger partial charge in [-0.3, -0.25) is 10.4 Å². The van der Waals surface area contributed by atoms with Crippen molar-refractivity contribution in [2.75, 3.05) is 16.2 Å². The number of anilines is 3. The van der Waals surface area contributed by atoms with Crippen molar-refractivity contribution in [2.45, 2.75) is 19.9 Å². The Morgan fingerprint density at radius 3 is 3.00 bits per heavy atom. The van der Waals surface area contributed by atoms with Gasteiger partial charge in [0.05, 0.1) is 5.69 Å². The molecule has 1 aromatic rings. The van der Waals surface area contributed by atoms with E-state index in [9.17, 15) is 0 Å². The highest BCUT2D eigenvalue weighted by molar-refractivity contribution is 5.80. The number of hydrogen-bond acceptors (Lipinski definition) is 5. The molecule has 0 saturated carbocycles. The van der Waals surface area contributed by atoms with E-state index >= 15 is 0 Å². The number of rotatable bonds is 1. The van der Waals surface area contributed by atoms with Gasteiger partial charge in [-0.2, -0.15) is 0 Å². The lowest BCUT2D eigenvalue weighted by Gasteiger charge is -2.20. The van der Waals surface area contributed by atoms with Gasteiger partial charge in [-0.25, -0.2) is 4.98 Å². The number of hydrazine groups is 2. The van der Waals surface area contributed by atoms with Gasteiger partial charge in [0, 0.05) is 12.2 Å². The number of hydrogen-bond donors (Lipinski definition) is 3. The number of pyridine rings is 1. The summed E-state index contributed by atoms with van der Waals surface area (Å²) in [4.78, 5) is 4.24. The molecule has 5 heteroatoms. The molecule has 0 unspecified atom stereocenters. The lowest BCUT2D eigenvalue weighted by atomic mass is 10.3. The standard InChI is InChI=1S/C8H13N5/c1-5(2)13-8-7(11-12-13)6(9)3-4-10-8/h3-5,11-12H,1-2H3,(H2,9,10). The molecule has 0 atom stereocenters. The van der Waals surface area contributed by atoms with E-state index in [2.05, 4.69) is 29.8 Å². The summed E-state index contributed by atoms with van der Waals surface area (Å²) in [5.41, 5.74) is 13.3. The van der Waals surface area contributed by atoms with E-state index in [4.69, 9.17) is 5.73 Å². The third-order valence-corrected chi connectivity index (χ3v) is 2.01. The molecule has 70 valence electrons. The SMILES string of the molecule is CC(C)N1NNc2c(N)ccnc21. The second kappa shape index (κ2) is 2.77. The van der Waals surface area contributed by atoms with Crippen molar-refractivity contribution in [3.05, 3.63) is 12.3 Å². The van der Waals surface area contributed by atoms with Crippen LogP contribution in [0.4, 0.5) is 17.2 Å². The largest absolute Gasteiger partial charge is 0.397 e. The predicted octanol–water partition coefficient (Wildman–Crippen LogP) is 0.724. The van der Waals surface area contributed by atoms with Gasteiger partial charge in [0.2, 0.25) is 0 Å². The lowest BCUT2D eigenvalue weighted by molar-refractivity contribution is 0.626. The van der Waals surface area contributed by atoms with Crippen LogP contribution < -0.4 is 21.7 Å². The van der Waals surface area contributed by atoms with Gasteiger partial charge in [0.25, 0.3) is 0 Å². The first kappa shape index (κ1) is 8.12. The zero-order chi connectivity index (χ0) is 9.42. The molecule has 0 spiro atoms. The number of fused-ring (bicyclic) bond motifs is 1. The molecule has 1 aliphatic rings. The van der Waals surface area contributed by atoms with Crippen LogP contribution in [-0.4, -0.2) is 11.0 Å². The maximum absolute atomic E-state index is 5.77. The maximum atomic E-state index is 5.77. The normalized spacial score (nSPS) is 14.5. The van der Waals surface area contributed by atoms with Crippen LogP contribution in [0.1, 0.15) is 13.8 Å². The summed E-state index contributed by atoms with van der Waals surface area (Å²) < 4.78 is 0. The first-order valence-corrected chi connectivity index (χ1v) is 4.25. The monoisotopic (exact) mass is 179 g/mol. The minimum absolute atomic E-state index is 0.336. The fourth-order valence-corrected chi connectivity index (χ4v) is 1.32. The van der Waals surface area contributed by atoms with Gasteiger partial charge in [0.1, 0.15) is 5.69 Å². The first-order chi connectivity index (χ1) is 6.20. The first-order valence-electron chi connectivity index (χ1n) is 4.25. The number of aromatic nitrogens is 1. The number of nitrogens with one attached hydrogen (secondary N) is 2. The van der Waals surface area contributed by atoms with E-state index < -0.39 is 0 Å². The molecule has 2 heterocycles.